The summed E-state index contributed by atoms with van der Waals surface area (Å²) in [7, 11) is 0. The number of primary amides is 1. The van der Waals surface area contributed by atoms with E-state index in [9.17, 15) is 39.0 Å². The average molecular weight is 543 g/mol. The maximum atomic E-state index is 13.0. The van der Waals surface area contributed by atoms with Crippen molar-refractivity contribution in [1.82, 2.24) is 20.9 Å². The first-order valence-electron chi connectivity index (χ1n) is 12.7. The number of aliphatic carboxylic acids is 1. The Bertz CT molecular complexity index is 893. The van der Waals surface area contributed by atoms with Gasteiger partial charge in [0.15, 0.2) is 0 Å². The molecule has 1 aliphatic heterocycles. The van der Waals surface area contributed by atoms with Crippen LogP contribution in [-0.2, 0) is 28.8 Å². The van der Waals surface area contributed by atoms with E-state index < -0.39 is 78.2 Å². The van der Waals surface area contributed by atoms with Crippen molar-refractivity contribution in [2.75, 3.05) is 6.54 Å². The molecule has 0 radical (unpaired) electrons. The summed E-state index contributed by atoms with van der Waals surface area (Å²) in [6.45, 7) is 8.63. The van der Waals surface area contributed by atoms with Crippen LogP contribution in [0.2, 0.25) is 0 Å². The van der Waals surface area contributed by atoms with E-state index in [1.165, 1.54) is 11.8 Å². The van der Waals surface area contributed by atoms with Gasteiger partial charge in [-0.05, 0) is 38.0 Å². The fourth-order valence-corrected chi connectivity index (χ4v) is 4.07. The zero-order valence-electron chi connectivity index (χ0n) is 22.6. The van der Waals surface area contributed by atoms with Crippen LogP contribution in [0.4, 0.5) is 0 Å². The van der Waals surface area contributed by atoms with Crippen LogP contribution >= 0.6 is 0 Å². The molecule has 1 rings (SSSR count). The molecule has 0 aromatic rings. The van der Waals surface area contributed by atoms with Crippen LogP contribution in [0.5, 0.6) is 0 Å². The Balaban J connectivity index is 3.03. The first-order valence-corrected chi connectivity index (χ1v) is 12.7. The lowest BCUT2D eigenvalue weighted by Gasteiger charge is -2.30. The van der Waals surface area contributed by atoms with E-state index in [1.807, 2.05) is 0 Å². The van der Waals surface area contributed by atoms with Gasteiger partial charge in [0.05, 0.1) is 18.6 Å². The highest BCUT2D eigenvalue weighted by Crippen LogP contribution is 2.20. The highest BCUT2D eigenvalue weighted by Gasteiger charge is 2.39. The third-order valence-corrected chi connectivity index (χ3v) is 6.26. The topological polar surface area (TPSA) is 234 Å². The van der Waals surface area contributed by atoms with E-state index in [1.54, 1.807) is 27.7 Å². The van der Waals surface area contributed by atoms with Gasteiger partial charge < -0.3 is 42.5 Å². The van der Waals surface area contributed by atoms with E-state index in [-0.39, 0.29) is 18.3 Å². The molecule has 1 heterocycles. The molecule has 1 fully saturated rings. The average Bonchev–Trinajstić information content (AvgIpc) is 3.29. The molecular weight excluding hydrogens is 500 g/mol. The molecular formula is C24H42N6O8. The maximum absolute atomic E-state index is 13.0. The molecule has 1 saturated heterocycles. The molecule has 38 heavy (non-hydrogen) atoms. The fourth-order valence-electron chi connectivity index (χ4n) is 4.07. The van der Waals surface area contributed by atoms with Crippen LogP contribution in [0, 0.1) is 11.8 Å². The highest BCUT2D eigenvalue weighted by molar-refractivity contribution is 5.97. The van der Waals surface area contributed by atoms with E-state index in [0.717, 1.165) is 0 Å². The molecule has 0 saturated carbocycles. The van der Waals surface area contributed by atoms with E-state index in [4.69, 9.17) is 11.5 Å². The standard InChI is InChI=1S/C24H42N6O8/c1-11(2)9-15(24(37)38)28-20(33)14(10-17(25)32)27-22(35)19(13(5)31)29-21(34)16-7-6-8-30(16)23(36)18(26)12(3)4/h11-16,18-19,31H,6-10,26H2,1-5H3,(H2,25,32)(H,27,35)(H,28,33)(H,29,34)(H,37,38)/t13-,14+,15+,16+,18+,19+/m1/s1. The van der Waals surface area contributed by atoms with Crippen LogP contribution < -0.4 is 27.4 Å². The lowest BCUT2D eigenvalue weighted by atomic mass is 10.0. The van der Waals surface area contributed by atoms with Crippen molar-refractivity contribution in [3.63, 3.8) is 0 Å². The third-order valence-electron chi connectivity index (χ3n) is 6.26. The van der Waals surface area contributed by atoms with Gasteiger partial charge in [-0.1, -0.05) is 27.7 Å². The molecule has 0 aromatic heterocycles. The molecule has 5 amide bonds. The summed E-state index contributed by atoms with van der Waals surface area (Å²) in [5, 5.41) is 26.6. The third kappa shape index (κ3) is 9.56. The summed E-state index contributed by atoms with van der Waals surface area (Å²) in [6, 6.07) is -6.09. The largest absolute Gasteiger partial charge is 0.480 e. The minimum atomic E-state index is -1.55. The smallest absolute Gasteiger partial charge is 0.326 e. The second-order valence-electron chi connectivity index (χ2n) is 10.4. The molecule has 0 aromatic carbocycles. The summed E-state index contributed by atoms with van der Waals surface area (Å²) in [6.07, 6.45) is -1.10. The number of amides is 5. The van der Waals surface area contributed by atoms with Crippen LogP contribution in [0.15, 0.2) is 0 Å². The molecule has 9 N–H and O–H groups in total. The van der Waals surface area contributed by atoms with Crippen LogP contribution in [0.25, 0.3) is 0 Å². The van der Waals surface area contributed by atoms with E-state index in [2.05, 4.69) is 16.0 Å². The lowest BCUT2D eigenvalue weighted by Crippen LogP contribution is -2.61. The number of likely N-dealkylation sites (tertiary alicyclic amines) is 1. The lowest BCUT2D eigenvalue weighted by molar-refractivity contribution is -0.143. The number of rotatable bonds is 14. The van der Waals surface area contributed by atoms with Crippen LogP contribution in [-0.4, -0.2) is 93.5 Å². The second-order valence-corrected chi connectivity index (χ2v) is 10.4. The van der Waals surface area contributed by atoms with Crippen molar-refractivity contribution < 1.29 is 39.0 Å². The predicted octanol–water partition coefficient (Wildman–Crippen LogP) is -2.20. The van der Waals surface area contributed by atoms with Gasteiger partial charge in [0, 0.05) is 6.54 Å². The number of aliphatic hydroxyl groups excluding tert-OH is 1. The van der Waals surface area contributed by atoms with Crippen molar-refractivity contribution >= 4 is 35.5 Å². The van der Waals surface area contributed by atoms with Gasteiger partial charge in [0.2, 0.25) is 29.5 Å². The SMILES string of the molecule is CC(C)C[C@H](NC(=O)[C@H](CC(N)=O)NC(=O)[C@@H](NC(=O)[C@@H]1CCCN1C(=O)[C@@H](N)C(C)C)[C@@H](C)O)C(=O)O. The Kier molecular flexibility index (Phi) is 12.6. The molecule has 0 spiro atoms. The molecule has 6 atom stereocenters. The molecule has 0 bridgehead atoms. The van der Waals surface area contributed by atoms with Gasteiger partial charge in [-0.3, -0.25) is 24.0 Å². The molecule has 1 aliphatic rings. The number of carbonyl (C=O) groups excluding carboxylic acids is 5. The van der Waals surface area contributed by atoms with Crippen LogP contribution in [0.3, 0.4) is 0 Å². The molecule has 14 heteroatoms. The first kappa shape index (κ1) is 32.8. The number of carboxylic acids is 1. The van der Waals surface area contributed by atoms with Gasteiger partial charge in [0.1, 0.15) is 24.2 Å². The zero-order valence-corrected chi connectivity index (χ0v) is 22.6. The highest BCUT2D eigenvalue weighted by atomic mass is 16.4. The molecule has 216 valence electrons. The Labute approximate surface area is 222 Å². The zero-order chi connectivity index (χ0) is 29.3. The molecule has 0 aliphatic carbocycles. The van der Waals surface area contributed by atoms with E-state index in [0.29, 0.717) is 19.4 Å². The van der Waals surface area contributed by atoms with Gasteiger partial charge in [0.25, 0.3) is 0 Å². The second kappa shape index (κ2) is 14.6. The minimum Gasteiger partial charge on any atom is -0.480 e. The predicted molar refractivity (Wildman–Crippen MR) is 136 cm³/mol. The number of hydrogen-bond acceptors (Lipinski definition) is 8. The van der Waals surface area contributed by atoms with Gasteiger partial charge in [-0.25, -0.2) is 4.79 Å². The normalized spacial score (nSPS) is 19.3. The number of nitrogens with zero attached hydrogens (tertiary/aromatic N) is 1. The number of hydrogen-bond donors (Lipinski definition) is 7. The number of carbonyl (C=O) groups is 6. The quantitative estimate of drug-likeness (QED) is 0.126. The monoisotopic (exact) mass is 542 g/mol. The van der Waals surface area contributed by atoms with Gasteiger partial charge in [-0.15, -0.1) is 0 Å². The van der Waals surface area contributed by atoms with Crippen LogP contribution in [0.1, 0.15) is 60.3 Å². The van der Waals surface area contributed by atoms with Gasteiger partial charge >= 0.3 is 5.97 Å². The minimum absolute atomic E-state index is 0.0764. The Morgan fingerprint density at radius 3 is 2.00 bits per heavy atom. The summed E-state index contributed by atoms with van der Waals surface area (Å²) in [4.78, 5) is 76.0. The summed E-state index contributed by atoms with van der Waals surface area (Å²) < 4.78 is 0. The Morgan fingerprint density at radius 1 is 0.947 bits per heavy atom. The number of carboxylic acid groups (broad SMARTS) is 1. The van der Waals surface area contributed by atoms with Crippen molar-refractivity contribution in [2.24, 2.45) is 23.3 Å². The van der Waals surface area contributed by atoms with Crippen molar-refractivity contribution in [2.45, 2.75) is 96.6 Å². The van der Waals surface area contributed by atoms with Gasteiger partial charge in [-0.2, -0.15) is 0 Å². The summed E-state index contributed by atoms with van der Waals surface area (Å²) in [5.41, 5.74) is 11.2. The van der Waals surface area contributed by atoms with E-state index >= 15 is 0 Å². The van der Waals surface area contributed by atoms with Crippen molar-refractivity contribution in [3.8, 4) is 0 Å². The van der Waals surface area contributed by atoms with Crippen molar-refractivity contribution in [1.29, 1.82) is 0 Å². The number of nitrogens with one attached hydrogen (secondary N) is 3. The number of aliphatic hydroxyl groups is 1. The Morgan fingerprint density at radius 2 is 1.53 bits per heavy atom. The fraction of sp³-hybridized carbons (Fsp3) is 0.750. The number of nitrogens with two attached hydrogens (primary N) is 2. The summed E-state index contributed by atoms with van der Waals surface area (Å²) >= 11 is 0. The summed E-state index contributed by atoms with van der Waals surface area (Å²) in [5.74, 6) is -5.52. The van der Waals surface area contributed by atoms with Crippen molar-refractivity contribution in [3.05, 3.63) is 0 Å². The maximum Gasteiger partial charge on any atom is 0.326 e. The molecule has 14 nitrogen and oxygen atoms in total. The first-order chi connectivity index (χ1) is 17.6. The molecule has 0 unspecified atom stereocenters. The Hall–Kier alpha value is -3.26.